The van der Waals surface area contributed by atoms with Gasteiger partial charge in [-0.2, -0.15) is 0 Å². The number of carboxylic acid groups (broad SMARTS) is 1. The summed E-state index contributed by atoms with van der Waals surface area (Å²) in [6.45, 7) is 0.855. The summed E-state index contributed by atoms with van der Waals surface area (Å²) in [5.74, 6) is -0.820. The van der Waals surface area contributed by atoms with Crippen molar-refractivity contribution in [2.75, 3.05) is 7.05 Å². The van der Waals surface area contributed by atoms with E-state index in [2.05, 4.69) is 5.32 Å². The molecule has 1 saturated carbocycles. The molecular formula is C23H26N2O4. The minimum absolute atomic E-state index is 0.117. The summed E-state index contributed by atoms with van der Waals surface area (Å²) in [5.41, 5.74) is 2.61. The number of rotatable bonds is 7. The molecule has 6 heteroatoms. The number of amides is 2. The van der Waals surface area contributed by atoms with Crippen LogP contribution in [0.4, 0.5) is 0 Å². The second-order valence-electron chi connectivity index (χ2n) is 7.56. The number of carbonyl (C=O) groups is 3. The molecule has 29 heavy (non-hydrogen) atoms. The molecule has 0 atom stereocenters. The number of benzene rings is 2. The predicted octanol–water partition coefficient (Wildman–Crippen LogP) is 3.46. The molecule has 0 spiro atoms. The average molecular weight is 394 g/mol. The van der Waals surface area contributed by atoms with Gasteiger partial charge in [-0.1, -0.05) is 37.1 Å². The van der Waals surface area contributed by atoms with Gasteiger partial charge in [0.1, 0.15) is 0 Å². The van der Waals surface area contributed by atoms with E-state index in [0.717, 1.165) is 36.8 Å². The molecule has 2 N–H and O–H groups in total. The normalized spacial score (nSPS) is 13.8. The van der Waals surface area contributed by atoms with Crippen molar-refractivity contribution in [1.82, 2.24) is 10.2 Å². The SMILES string of the molecule is CN(Cc1ccc(C(=O)O)cc1)C(=O)c1ccc(CNC(=O)C2CCCC2)cc1. The first-order chi connectivity index (χ1) is 13.9. The molecule has 0 saturated heterocycles. The summed E-state index contributed by atoms with van der Waals surface area (Å²) in [5, 5.41) is 11.9. The molecule has 0 bridgehead atoms. The summed E-state index contributed by atoms with van der Waals surface area (Å²) < 4.78 is 0. The van der Waals surface area contributed by atoms with E-state index in [-0.39, 0.29) is 23.3 Å². The monoisotopic (exact) mass is 394 g/mol. The van der Waals surface area contributed by atoms with E-state index in [1.807, 2.05) is 12.1 Å². The number of hydrogen-bond acceptors (Lipinski definition) is 3. The van der Waals surface area contributed by atoms with Crippen molar-refractivity contribution >= 4 is 17.8 Å². The number of aromatic carboxylic acids is 1. The fourth-order valence-electron chi connectivity index (χ4n) is 3.61. The third-order valence-electron chi connectivity index (χ3n) is 5.36. The van der Waals surface area contributed by atoms with E-state index in [9.17, 15) is 14.4 Å². The third kappa shape index (κ3) is 5.44. The van der Waals surface area contributed by atoms with Gasteiger partial charge in [-0.25, -0.2) is 4.79 Å². The average Bonchev–Trinajstić information content (AvgIpc) is 3.27. The van der Waals surface area contributed by atoms with Crippen molar-refractivity contribution in [2.24, 2.45) is 5.92 Å². The maximum atomic E-state index is 12.6. The molecule has 0 radical (unpaired) electrons. The summed E-state index contributed by atoms with van der Waals surface area (Å²) in [4.78, 5) is 37.3. The van der Waals surface area contributed by atoms with Crippen molar-refractivity contribution in [1.29, 1.82) is 0 Å². The fourth-order valence-corrected chi connectivity index (χ4v) is 3.61. The van der Waals surface area contributed by atoms with E-state index >= 15 is 0 Å². The first-order valence-electron chi connectivity index (χ1n) is 9.88. The molecular weight excluding hydrogens is 368 g/mol. The largest absolute Gasteiger partial charge is 0.478 e. The molecule has 2 aromatic carbocycles. The lowest BCUT2D eigenvalue weighted by molar-refractivity contribution is -0.124. The van der Waals surface area contributed by atoms with E-state index < -0.39 is 5.97 Å². The Morgan fingerprint density at radius 2 is 1.48 bits per heavy atom. The number of nitrogens with zero attached hydrogens (tertiary/aromatic N) is 1. The molecule has 0 aromatic heterocycles. The zero-order valence-corrected chi connectivity index (χ0v) is 16.6. The minimum Gasteiger partial charge on any atom is -0.478 e. The van der Waals surface area contributed by atoms with Crippen molar-refractivity contribution in [3.05, 3.63) is 70.8 Å². The highest BCUT2D eigenvalue weighted by Crippen LogP contribution is 2.24. The van der Waals surface area contributed by atoms with Gasteiger partial charge >= 0.3 is 5.97 Å². The van der Waals surface area contributed by atoms with Gasteiger partial charge in [-0.15, -0.1) is 0 Å². The molecule has 6 nitrogen and oxygen atoms in total. The quantitative estimate of drug-likeness (QED) is 0.753. The van der Waals surface area contributed by atoms with Gasteiger partial charge in [0.25, 0.3) is 5.91 Å². The Morgan fingerprint density at radius 3 is 2.07 bits per heavy atom. The Bertz CT molecular complexity index is 869. The molecule has 152 valence electrons. The molecule has 1 aliphatic rings. The lowest BCUT2D eigenvalue weighted by atomic mass is 10.1. The van der Waals surface area contributed by atoms with Gasteiger partial charge in [0.2, 0.25) is 5.91 Å². The van der Waals surface area contributed by atoms with Crippen LogP contribution in [0.25, 0.3) is 0 Å². The zero-order chi connectivity index (χ0) is 20.8. The van der Waals surface area contributed by atoms with Gasteiger partial charge in [-0.3, -0.25) is 9.59 Å². The van der Waals surface area contributed by atoms with Gasteiger partial charge in [0, 0.05) is 31.6 Å². The van der Waals surface area contributed by atoms with Crippen LogP contribution in [-0.4, -0.2) is 34.8 Å². The first kappa shape index (κ1) is 20.6. The van der Waals surface area contributed by atoms with Crippen LogP contribution in [0.3, 0.4) is 0 Å². The van der Waals surface area contributed by atoms with E-state index in [1.165, 1.54) is 12.1 Å². The van der Waals surface area contributed by atoms with Crippen LogP contribution in [0, 0.1) is 5.92 Å². The second-order valence-corrected chi connectivity index (χ2v) is 7.56. The Balaban J connectivity index is 1.53. The topological polar surface area (TPSA) is 86.7 Å². The summed E-state index contributed by atoms with van der Waals surface area (Å²) in [7, 11) is 1.71. The maximum absolute atomic E-state index is 12.6. The predicted molar refractivity (Wildman–Crippen MR) is 109 cm³/mol. The zero-order valence-electron chi connectivity index (χ0n) is 16.6. The first-order valence-corrected chi connectivity index (χ1v) is 9.88. The van der Waals surface area contributed by atoms with Crippen LogP contribution in [-0.2, 0) is 17.9 Å². The van der Waals surface area contributed by atoms with Crippen molar-refractivity contribution < 1.29 is 19.5 Å². The van der Waals surface area contributed by atoms with Crippen LogP contribution in [0.2, 0.25) is 0 Å². The Kier molecular flexibility index (Phi) is 6.65. The van der Waals surface area contributed by atoms with Gasteiger partial charge in [0.05, 0.1) is 5.56 Å². The molecule has 2 aromatic rings. The van der Waals surface area contributed by atoms with E-state index in [1.54, 1.807) is 36.2 Å². The van der Waals surface area contributed by atoms with Gasteiger partial charge < -0.3 is 15.3 Å². The molecule has 1 fully saturated rings. The maximum Gasteiger partial charge on any atom is 0.335 e. The van der Waals surface area contributed by atoms with Crippen molar-refractivity contribution in [2.45, 2.75) is 38.8 Å². The molecule has 2 amide bonds. The molecule has 1 aliphatic carbocycles. The molecule has 0 aliphatic heterocycles. The second kappa shape index (κ2) is 9.37. The highest BCUT2D eigenvalue weighted by molar-refractivity contribution is 5.94. The summed E-state index contributed by atoms with van der Waals surface area (Å²) in [6, 6.07) is 13.7. The van der Waals surface area contributed by atoms with Crippen LogP contribution in [0.5, 0.6) is 0 Å². The molecule has 0 unspecified atom stereocenters. The lowest BCUT2D eigenvalue weighted by Gasteiger charge is -2.18. The number of carbonyl (C=O) groups excluding carboxylic acids is 2. The summed E-state index contributed by atoms with van der Waals surface area (Å²) in [6.07, 6.45) is 4.22. The van der Waals surface area contributed by atoms with Gasteiger partial charge in [0.15, 0.2) is 0 Å². The Labute approximate surface area is 170 Å². The van der Waals surface area contributed by atoms with Crippen molar-refractivity contribution in [3.63, 3.8) is 0 Å². The Morgan fingerprint density at radius 1 is 0.931 bits per heavy atom. The number of hydrogen-bond donors (Lipinski definition) is 2. The minimum atomic E-state index is -0.972. The lowest BCUT2D eigenvalue weighted by Crippen LogP contribution is -2.29. The van der Waals surface area contributed by atoms with Crippen molar-refractivity contribution in [3.8, 4) is 0 Å². The van der Waals surface area contributed by atoms with E-state index in [4.69, 9.17) is 5.11 Å². The summed E-state index contributed by atoms with van der Waals surface area (Å²) >= 11 is 0. The van der Waals surface area contributed by atoms with E-state index in [0.29, 0.717) is 18.7 Å². The van der Waals surface area contributed by atoms with Crippen LogP contribution in [0.1, 0.15) is 57.5 Å². The smallest absolute Gasteiger partial charge is 0.335 e. The van der Waals surface area contributed by atoms with Gasteiger partial charge in [-0.05, 0) is 48.2 Å². The Hall–Kier alpha value is -3.15. The van der Waals surface area contributed by atoms with Crippen LogP contribution >= 0.6 is 0 Å². The molecule has 3 rings (SSSR count). The van der Waals surface area contributed by atoms with Crippen LogP contribution in [0.15, 0.2) is 48.5 Å². The fraction of sp³-hybridized carbons (Fsp3) is 0.348. The van der Waals surface area contributed by atoms with Crippen LogP contribution < -0.4 is 5.32 Å². The molecule has 0 heterocycles. The standard InChI is InChI=1S/C23H26N2O4/c1-25(15-17-8-12-20(13-9-17)23(28)29)22(27)19-10-6-16(7-11-19)14-24-21(26)18-4-2-3-5-18/h6-13,18H,2-5,14-15H2,1H3,(H,24,26)(H,28,29). The number of carboxylic acids is 1. The third-order valence-corrected chi connectivity index (χ3v) is 5.36. The number of nitrogens with one attached hydrogen (secondary N) is 1. The highest BCUT2D eigenvalue weighted by Gasteiger charge is 2.22. The highest BCUT2D eigenvalue weighted by atomic mass is 16.4.